The van der Waals surface area contributed by atoms with Crippen molar-refractivity contribution in [2.75, 3.05) is 25.5 Å². The normalized spacial score (nSPS) is 17.0. The highest BCUT2D eigenvalue weighted by molar-refractivity contribution is 6.32. The van der Waals surface area contributed by atoms with Gasteiger partial charge in [-0.05, 0) is 49.4 Å². The SMILES string of the molecule is CN1CC=C(c2c(Cl)ccc3c2CNc2cc(Cl)ccc2O3)CC1. The van der Waals surface area contributed by atoms with Crippen molar-refractivity contribution in [2.24, 2.45) is 0 Å². The van der Waals surface area contributed by atoms with E-state index >= 15 is 0 Å². The summed E-state index contributed by atoms with van der Waals surface area (Å²) < 4.78 is 6.15. The van der Waals surface area contributed by atoms with Gasteiger partial charge in [0.05, 0.1) is 5.69 Å². The Kier molecular flexibility index (Phi) is 4.17. The molecule has 1 N–H and O–H groups in total. The number of nitrogens with zero attached hydrogens (tertiary/aromatic N) is 1. The molecule has 3 nitrogen and oxygen atoms in total. The van der Waals surface area contributed by atoms with Gasteiger partial charge in [-0.25, -0.2) is 0 Å². The Hall–Kier alpha value is -1.68. The molecule has 24 heavy (non-hydrogen) atoms. The van der Waals surface area contributed by atoms with Gasteiger partial charge in [-0.15, -0.1) is 0 Å². The van der Waals surface area contributed by atoms with Gasteiger partial charge in [0.2, 0.25) is 0 Å². The van der Waals surface area contributed by atoms with Crippen molar-refractivity contribution in [3.8, 4) is 11.5 Å². The van der Waals surface area contributed by atoms with E-state index in [0.717, 1.165) is 52.8 Å². The molecule has 0 spiro atoms. The zero-order valence-corrected chi connectivity index (χ0v) is 14.9. The van der Waals surface area contributed by atoms with E-state index in [2.05, 4.69) is 23.3 Å². The molecule has 0 atom stereocenters. The van der Waals surface area contributed by atoms with Gasteiger partial charge in [0.1, 0.15) is 5.75 Å². The average Bonchev–Trinajstić information content (AvgIpc) is 2.75. The second-order valence-electron chi connectivity index (χ2n) is 6.24. The fourth-order valence-electron chi connectivity index (χ4n) is 3.25. The predicted octanol–water partition coefficient (Wildman–Crippen LogP) is 5.43. The summed E-state index contributed by atoms with van der Waals surface area (Å²) in [6.07, 6.45) is 3.26. The van der Waals surface area contributed by atoms with Crippen molar-refractivity contribution in [3.05, 3.63) is 57.6 Å². The monoisotopic (exact) mass is 360 g/mol. The predicted molar refractivity (Wildman–Crippen MR) is 100 cm³/mol. The van der Waals surface area contributed by atoms with Crippen LogP contribution in [0.5, 0.6) is 11.5 Å². The smallest absolute Gasteiger partial charge is 0.150 e. The molecule has 4 rings (SSSR count). The molecule has 2 aromatic carbocycles. The van der Waals surface area contributed by atoms with E-state index in [0.29, 0.717) is 11.6 Å². The minimum atomic E-state index is 0.658. The minimum Gasteiger partial charge on any atom is -0.455 e. The van der Waals surface area contributed by atoms with Crippen LogP contribution in [0.2, 0.25) is 10.0 Å². The van der Waals surface area contributed by atoms with E-state index in [-0.39, 0.29) is 0 Å². The summed E-state index contributed by atoms with van der Waals surface area (Å²) in [5.74, 6) is 1.63. The fraction of sp³-hybridized carbons (Fsp3) is 0.263. The first-order valence-corrected chi connectivity index (χ1v) is 8.78. The quantitative estimate of drug-likeness (QED) is 0.733. The van der Waals surface area contributed by atoms with E-state index in [9.17, 15) is 0 Å². The number of nitrogens with one attached hydrogen (secondary N) is 1. The average molecular weight is 361 g/mol. The first kappa shape index (κ1) is 15.8. The van der Waals surface area contributed by atoms with Crippen molar-refractivity contribution < 1.29 is 4.74 Å². The number of ether oxygens (including phenoxy) is 1. The van der Waals surface area contributed by atoms with Crippen LogP contribution < -0.4 is 10.1 Å². The summed E-state index contributed by atoms with van der Waals surface area (Å²) in [4.78, 5) is 2.30. The molecule has 0 saturated heterocycles. The molecule has 0 unspecified atom stereocenters. The van der Waals surface area contributed by atoms with Crippen molar-refractivity contribution in [1.82, 2.24) is 4.90 Å². The van der Waals surface area contributed by atoms with Crippen LogP contribution >= 0.6 is 23.2 Å². The van der Waals surface area contributed by atoms with Crippen LogP contribution in [0.15, 0.2) is 36.4 Å². The molecular weight excluding hydrogens is 343 g/mol. The maximum Gasteiger partial charge on any atom is 0.150 e. The largest absolute Gasteiger partial charge is 0.455 e. The standard InChI is InChI=1S/C19H18Cl2N2O/c1-23-8-6-12(7-9-23)19-14-11-22-16-10-13(20)2-4-18(16)24-17(14)5-3-15(19)21/h2-6,10,22H,7-9,11H2,1H3. The number of benzene rings is 2. The topological polar surface area (TPSA) is 24.5 Å². The van der Waals surface area contributed by atoms with Gasteiger partial charge in [0.15, 0.2) is 5.75 Å². The molecule has 0 aromatic heterocycles. The minimum absolute atomic E-state index is 0.658. The van der Waals surface area contributed by atoms with Crippen molar-refractivity contribution >= 4 is 34.5 Å². The highest BCUT2D eigenvalue weighted by Gasteiger charge is 2.22. The fourth-order valence-corrected chi connectivity index (χ4v) is 3.72. The van der Waals surface area contributed by atoms with Crippen LogP contribution in [0.4, 0.5) is 5.69 Å². The van der Waals surface area contributed by atoms with Crippen LogP contribution in [-0.4, -0.2) is 25.0 Å². The van der Waals surface area contributed by atoms with Gasteiger partial charge < -0.3 is 15.0 Å². The Bertz CT molecular complexity index is 832. The molecule has 0 saturated carbocycles. The summed E-state index contributed by atoms with van der Waals surface area (Å²) in [5, 5.41) is 4.90. The molecular formula is C19H18Cl2N2O. The van der Waals surface area contributed by atoms with Crippen LogP contribution in [0, 0.1) is 0 Å². The summed E-state index contributed by atoms with van der Waals surface area (Å²) in [5.41, 5.74) is 4.40. The van der Waals surface area contributed by atoms with E-state index in [1.54, 1.807) is 0 Å². The number of likely N-dealkylation sites (N-methyl/N-ethyl adjacent to an activating group) is 1. The third-order valence-corrected chi connectivity index (χ3v) is 5.12. The lowest BCUT2D eigenvalue weighted by atomic mass is 9.94. The van der Waals surface area contributed by atoms with Gasteiger partial charge in [0, 0.05) is 40.8 Å². The van der Waals surface area contributed by atoms with E-state index in [1.165, 1.54) is 5.57 Å². The van der Waals surface area contributed by atoms with Gasteiger partial charge in [-0.1, -0.05) is 29.3 Å². The maximum atomic E-state index is 6.56. The van der Waals surface area contributed by atoms with Crippen LogP contribution in [-0.2, 0) is 6.54 Å². The molecule has 2 aromatic rings. The second kappa shape index (κ2) is 6.32. The maximum absolute atomic E-state index is 6.56. The first-order valence-electron chi connectivity index (χ1n) is 8.02. The second-order valence-corrected chi connectivity index (χ2v) is 7.08. The number of hydrogen-bond donors (Lipinski definition) is 1. The van der Waals surface area contributed by atoms with Crippen LogP contribution in [0.1, 0.15) is 17.5 Å². The Morgan fingerprint density at radius 3 is 2.75 bits per heavy atom. The molecule has 2 aliphatic rings. The lowest BCUT2D eigenvalue weighted by Gasteiger charge is -2.24. The van der Waals surface area contributed by atoms with Gasteiger partial charge in [-0.2, -0.15) is 0 Å². The zero-order valence-electron chi connectivity index (χ0n) is 13.4. The van der Waals surface area contributed by atoms with Gasteiger partial charge >= 0.3 is 0 Å². The third kappa shape index (κ3) is 2.88. The van der Waals surface area contributed by atoms with E-state index < -0.39 is 0 Å². The molecule has 0 amide bonds. The lowest BCUT2D eigenvalue weighted by Crippen LogP contribution is -2.24. The molecule has 5 heteroatoms. The Morgan fingerprint density at radius 1 is 1.12 bits per heavy atom. The Morgan fingerprint density at radius 2 is 1.96 bits per heavy atom. The number of anilines is 1. The summed E-state index contributed by atoms with van der Waals surface area (Å²) in [7, 11) is 2.13. The van der Waals surface area contributed by atoms with Crippen molar-refractivity contribution in [3.63, 3.8) is 0 Å². The summed E-state index contributed by atoms with van der Waals surface area (Å²) in [6, 6.07) is 9.49. The zero-order chi connectivity index (χ0) is 16.7. The number of halogens is 2. The van der Waals surface area contributed by atoms with E-state index in [4.69, 9.17) is 27.9 Å². The van der Waals surface area contributed by atoms with Gasteiger partial charge in [0.25, 0.3) is 0 Å². The molecule has 2 aliphatic heterocycles. The number of rotatable bonds is 1. The van der Waals surface area contributed by atoms with Crippen LogP contribution in [0.3, 0.4) is 0 Å². The third-order valence-electron chi connectivity index (χ3n) is 4.57. The van der Waals surface area contributed by atoms with Crippen molar-refractivity contribution in [2.45, 2.75) is 13.0 Å². The van der Waals surface area contributed by atoms with Gasteiger partial charge in [-0.3, -0.25) is 0 Å². The summed E-state index contributed by atoms with van der Waals surface area (Å²) >= 11 is 12.7. The highest BCUT2D eigenvalue weighted by atomic mass is 35.5. The molecule has 0 aliphatic carbocycles. The molecule has 124 valence electrons. The molecule has 0 radical (unpaired) electrons. The first-order chi connectivity index (χ1) is 11.6. The summed E-state index contributed by atoms with van der Waals surface area (Å²) in [6.45, 7) is 2.64. The lowest BCUT2D eigenvalue weighted by molar-refractivity contribution is 0.370. The number of hydrogen-bond acceptors (Lipinski definition) is 3. The Labute approximate surface area is 151 Å². The van der Waals surface area contributed by atoms with E-state index in [1.807, 2.05) is 30.3 Å². The molecule has 0 fully saturated rings. The van der Waals surface area contributed by atoms with Crippen molar-refractivity contribution in [1.29, 1.82) is 0 Å². The Balaban J connectivity index is 1.79. The molecule has 2 heterocycles. The highest BCUT2D eigenvalue weighted by Crippen LogP contribution is 2.42. The van der Waals surface area contributed by atoms with Crippen LogP contribution in [0.25, 0.3) is 5.57 Å². The number of fused-ring (bicyclic) bond motifs is 2. The molecule has 0 bridgehead atoms.